The Balaban J connectivity index is 1.43. The van der Waals surface area contributed by atoms with E-state index >= 15 is 0 Å². The minimum Gasteiger partial charge on any atom is -0.0990 e. The van der Waals surface area contributed by atoms with Crippen LogP contribution < -0.4 is 0 Å². The molecule has 0 saturated heterocycles. The fourth-order valence-corrected chi connectivity index (χ4v) is 6.01. The van der Waals surface area contributed by atoms with Gasteiger partial charge in [-0.1, -0.05) is 134 Å². The van der Waals surface area contributed by atoms with Crippen molar-refractivity contribution in [2.45, 2.75) is 20.8 Å². The quantitative estimate of drug-likeness (QED) is 0.150. The molecular formula is C41H34. The van der Waals surface area contributed by atoms with Gasteiger partial charge in [-0.25, -0.2) is 0 Å². The summed E-state index contributed by atoms with van der Waals surface area (Å²) in [5.41, 5.74) is 12.3. The highest BCUT2D eigenvalue weighted by Gasteiger charge is 2.14. The normalized spacial score (nSPS) is 12.2. The molecule has 198 valence electrons. The van der Waals surface area contributed by atoms with E-state index < -0.39 is 0 Å². The lowest BCUT2D eigenvalue weighted by molar-refractivity contribution is 1.39. The molecule has 0 aromatic heterocycles. The van der Waals surface area contributed by atoms with Crippen LogP contribution in [0.15, 0.2) is 146 Å². The maximum atomic E-state index is 3.97. The van der Waals surface area contributed by atoms with E-state index in [1.165, 1.54) is 77.2 Å². The molecule has 0 nitrogen and oxygen atoms in total. The van der Waals surface area contributed by atoms with E-state index in [0.29, 0.717) is 0 Å². The van der Waals surface area contributed by atoms with Crippen molar-refractivity contribution in [3.8, 4) is 11.1 Å². The van der Waals surface area contributed by atoms with Crippen molar-refractivity contribution in [1.82, 2.24) is 0 Å². The standard InChI is InChI=1S/C41H34/c1-5-13-36(35-16-9-7-14-28(35)3)31-24-22-30(23-25-31)34(6-2)40-26-33(21-20-29(40)4)41-27-32-15-8-10-17-37(32)38-18-11-12-19-39(38)41/h5-27H,1H2,2-4H3/b34-6-,36-13-. The molecule has 0 aliphatic rings. The third-order valence-corrected chi connectivity index (χ3v) is 8.12. The first-order valence-electron chi connectivity index (χ1n) is 14.3. The lowest BCUT2D eigenvalue weighted by Gasteiger charge is -2.16. The molecule has 0 saturated carbocycles. The predicted molar refractivity (Wildman–Crippen MR) is 179 cm³/mol. The molecule has 0 bridgehead atoms. The topological polar surface area (TPSA) is 0 Å². The van der Waals surface area contributed by atoms with Crippen LogP contribution in [0.1, 0.15) is 40.3 Å². The molecule has 0 aliphatic heterocycles. The van der Waals surface area contributed by atoms with Crippen molar-refractivity contribution in [2.75, 3.05) is 0 Å². The third kappa shape index (κ3) is 4.94. The molecule has 0 aliphatic carbocycles. The van der Waals surface area contributed by atoms with Gasteiger partial charge in [0.25, 0.3) is 0 Å². The fraction of sp³-hybridized carbons (Fsp3) is 0.0732. The van der Waals surface area contributed by atoms with Crippen LogP contribution in [0.25, 0.3) is 43.8 Å². The van der Waals surface area contributed by atoms with Crippen LogP contribution in [0.4, 0.5) is 0 Å². The average Bonchev–Trinajstić information content (AvgIpc) is 3.02. The van der Waals surface area contributed by atoms with Crippen LogP contribution in [-0.2, 0) is 0 Å². The predicted octanol–water partition coefficient (Wildman–Crippen LogP) is 11.3. The highest BCUT2D eigenvalue weighted by atomic mass is 14.2. The molecular weight excluding hydrogens is 492 g/mol. The van der Waals surface area contributed by atoms with E-state index in [1.54, 1.807) is 0 Å². The second kappa shape index (κ2) is 11.3. The van der Waals surface area contributed by atoms with Gasteiger partial charge in [0.15, 0.2) is 0 Å². The number of allylic oxidation sites excluding steroid dienone is 3. The fourth-order valence-electron chi connectivity index (χ4n) is 6.01. The van der Waals surface area contributed by atoms with E-state index in [2.05, 4.69) is 161 Å². The van der Waals surface area contributed by atoms with Crippen LogP contribution in [0.2, 0.25) is 0 Å². The van der Waals surface area contributed by atoms with Crippen LogP contribution in [0.3, 0.4) is 0 Å². The lowest BCUT2D eigenvalue weighted by atomic mass is 9.87. The molecule has 0 heterocycles. The number of hydrogen-bond acceptors (Lipinski definition) is 0. The first-order chi connectivity index (χ1) is 20.1. The average molecular weight is 527 g/mol. The number of hydrogen-bond donors (Lipinski definition) is 0. The summed E-state index contributed by atoms with van der Waals surface area (Å²) in [6.07, 6.45) is 6.22. The van der Waals surface area contributed by atoms with Gasteiger partial charge in [0.05, 0.1) is 0 Å². The molecule has 0 radical (unpaired) electrons. The highest BCUT2D eigenvalue weighted by Crippen LogP contribution is 2.37. The monoisotopic (exact) mass is 526 g/mol. The van der Waals surface area contributed by atoms with Gasteiger partial charge in [-0.05, 0) is 110 Å². The maximum Gasteiger partial charge on any atom is -0.00988 e. The van der Waals surface area contributed by atoms with Crippen LogP contribution in [0, 0.1) is 13.8 Å². The van der Waals surface area contributed by atoms with Gasteiger partial charge in [-0.15, -0.1) is 0 Å². The van der Waals surface area contributed by atoms with Crippen molar-refractivity contribution in [2.24, 2.45) is 0 Å². The molecule has 0 atom stereocenters. The largest absolute Gasteiger partial charge is 0.0990 e. The first-order valence-corrected chi connectivity index (χ1v) is 14.3. The number of aryl methyl sites for hydroxylation is 2. The van der Waals surface area contributed by atoms with Crippen molar-refractivity contribution < 1.29 is 0 Å². The zero-order valence-electron chi connectivity index (χ0n) is 24.0. The Morgan fingerprint density at radius 1 is 0.561 bits per heavy atom. The van der Waals surface area contributed by atoms with Crippen molar-refractivity contribution >= 4 is 32.7 Å². The smallest absolute Gasteiger partial charge is 0.00988 e. The van der Waals surface area contributed by atoms with Gasteiger partial charge in [0.2, 0.25) is 0 Å². The van der Waals surface area contributed by atoms with Crippen molar-refractivity contribution in [3.05, 3.63) is 180 Å². The Morgan fingerprint density at radius 2 is 1.17 bits per heavy atom. The van der Waals surface area contributed by atoms with Gasteiger partial charge < -0.3 is 0 Å². The zero-order chi connectivity index (χ0) is 28.3. The van der Waals surface area contributed by atoms with E-state index in [0.717, 1.165) is 0 Å². The molecule has 0 amide bonds. The molecule has 0 spiro atoms. The van der Waals surface area contributed by atoms with E-state index in [4.69, 9.17) is 0 Å². The molecule has 6 aromatic carbocycles. The Kier molecular flexibility index (Phi) is 7.23. The van der Waals surface area contributed by atoms with E-state index in [1.807, 2.05) is 6.08 Å². The summed E-state index contributed by atoms with van der Waals surface area (Å²) in [6.45, 7) is 10.5. The van der Waals surface area contributed by atoms with Gasteiger partial charge in [0, 0.05) is 0 Å². The summed E-state index contributed by atoms with van der Waals surface area (Å²) < 4.78 is 0. The van der Waals surface area contributed by atoms with Crippen molar-refractivity contribution in [3.63, 3.8) is 0 Å². The first kappa shape index (κ1) is 26.3. The Hall–Kier alpha value is -4.94. The second-order valence-electron chi connectivity index (χ2n) is 10.6. The number of benzene rings is 6. The summed E-state index contributed by atoms with van der Waals surface area (Å²) in [4.78, 5) is 0. The highest BCUT2D eigenvalue weighted by molar-refractivity contribution is 6.13. The maximum absolute atomic E-state index is 3.97. The summed E-state index contributed by atoms with van der Waals surface area (Å²) in [7, 11) is 0. The van der Waals surface area contributed by atoms with Crippen LogP contribution in [0.5, 0.6) is 0 Å². The molecule has 6 rings (SSSR count). The molecule has 0 heteroatoms. The molecule has 41 heavy (non-hydrogen) atoms. The van der Waals surface area contributed by atoms with Crippen LogP contribution >= 0.6 is 0 Å². The number of rotatable bonds is 6. The lowest BCUT2D eigenvalue weighted by Crippen LogP contribution is -1.95. The van der Waals surface area contributed by atoms with Crippen LogP contribution in [-0.4, -0.2) is 0 Å². The Morgan fingerprint density at radius 3 is 1.88 bits per heavy atom. The molecule has 0 unspecified atom stereocenters. The van der Waals surface area contributed by atoms with Crippen molar-refractivity contribution in [1.29, 1.82) is 0 Å². The second-order valence-corrected chi connectivity index (χ2v) is 10.6. The SMILES string of the molecule is C=C/C=C(/c1ccc(/C(=C/C)c2cc(-c3cc4ccccc4c4ccccc34)ccc2C)cc1)c1ccccc1C. The van der Waals surface area contributed by atoms with Gasteiger partial charge in [-0.3, -0.25) is 0 Å². The van der Waals surface area contributed by atoms with E-state index in [-0.39, 0.29) is 0 Å². The van der Waals surface area contributed by atoms with Gasteiger partial charge >= 0.3 is 0 Å². The molecule has 0 N–H and O–H groups in total. The Bertz CT molecular complexity index is 1960. The number of fused-ring (bicyclic) bond motifs is 3. The van der Waals surface area contributed by atoms with Gasteiger partial charge in [-0.2, -0.15) is 0 Å². The van der Waals surface area contributed by atoms with E-state index in [9.17, 15) is 0 Å². The summed E-state index contributed by atoms with van der Waals surface area (Å²) in [5.74, 6) is 0. The molecule has 0 fully saturated rings. The molecule has 6 aromatic rings. The zero-order valence-corrected chi connectivity index (χ0v) is 24.0. The summed E-state index contributed by atoms with van der Waals surface area (Å²) in [5, 5.41) is 5.14. The minimum absolute atomic E-state index is 1.19. The summed E-state index contributed by atoms with van der Waals surface area (Å²) in [6, 6.07) is 44.2. The minimum atomic E-state index is 1.19. The third-order valence-electron chi connectivity index (χ3n) is 8.12. The Labute approximate surface area is 243 Å². The van der Waals surface area contributed by atoms with Gasteiger partial charge in [0.1, 0.15) is 0 Å². The summed E-state index contributed by atoms with van der Waals surface area (Å²) >= 11 is 0.